The van der Waals surface area contributed by atoms with Crippen LogP contribution in [0.4, 0.5) is 5.69 Å². The molecule has 9 nitrogen and oxygen atoms in total. The van der Waals surface area contributed by atoms with Crippen molar-refractivity contribution in [1.29, 1.82) is 0 Å². The summed E-state index contributed by atoms with van der Waals surface area (Å²) < 4.78 is 12.7. The molecule has 2 heterocycles. The Morgan fingerprint density at radius 2 is 1.91 bits per heavy atom. The first-order valence-electron chi connectivity index (χ1n) is 11.5. The number of benzene rings is 2. The number of nitrogens with one attached hydrogen (secondary N) is 2. The summed E-state index contributed by atoms with van der Waals surface area (Å²) in [5, 5.41) is 10.9. The number of aromatic nitrogens is 2. The minimum atomic E-state index is -0.564. The number of amides is 2. The second-order valence-electron chi connectivity index (χ2n) is 8.92. The molecule has 1 fully saturated rings. The van der Waals surface area contributed by atoms with Gasteiger partial charge in [-0.1, -0.05) is 12.5 Å². The second-order valence-corrected chi connectivity index (χ2v) is 8.92. The molecule has 0 spiro atoms. The molecule has 2 aliphatic carbocycles. The van der Waals surface area contributed by atoms with Crippen molar-refractivity contribution < 1.29 is 19.1 Å². The minimum Gasteiger partial charge on any atom is -0.454 e. The molecule has 6 rings (SSSR count). The fraction of sp³-hybridized carbons (Fsp3) is 0.320. The molecule has 1 saturated carbocycles. The Balaban J connectivity index is 0.00000253. The predicted octanol–water partition coefficient (Wildman–Crippen LogP) is 2.97. The first-order chi connectivity index (χ1) is 16.6. The highest BCUT2D eigenvalue weighted by Crippen LogP contribution is 2.40. The number of rotatable bonds is 6. The van der Waals surface area contributed by atoms with Crippen molar-refractivity contribution in [2.45, 2.75) is 38.1 Å². The van der Waals surface area contributed by atoms with E-state index in [1.807, 2.05) is 36.4 Å². The van der Waals surface area contributed by atoms with Crippen LogP contribution in [0.5, 0.6) is 11.5 Å². The van der Waals surface area contributed by atoms with Crippen LogP contribution in [0.3, 0.4) is 0 Å². The maximum Gasteiger partial charge on any atom is 0.269 e. The Kier molecular flexibility index (Phi) is 6.12. The van der Waals surface area contributed by atoms with Crippen molar-refractivity contribution in [2.24, 2.45) is 5.73 Å². The highest BCUT2D eigenvalue weighted by Gasteiger charge is 2.29. The van der Waals surface area contributed by atoms with Gasteiger partial charge in [-0.3, -0.25) is 9.59 Å². The molecule has 1 aromatic heterocycles. The second kappa shape index (κ2) is 9.24. The van der Waals surface area contributed by atoms with Crippen molar-refractivity contribution in [3.05, 3.63) is 53.2 Å². The van der Waals surface area contributed by atoms with Crippen LogP contribution in [-0.4, -0.2) is 41.0 Å². The van der Waals surface area contributed by atoms with E-state index < -0.39 is 5.91 Å². The molecule has 3 aliphatic rings. The fourth-order valence-electron chi connectivity index (χ4n) is 4.77. The van der Waals surface area contributed by atoms with Gasteiger partial charge in [-0.15, -0.1) is 12.4 Å². The third kappa shape index (κ3) is 4.21. The van der Waals surface area contributed by atoms with Gasteiger partial charge in [0.05, 0.1) is 17.9 Å². The molecular formula is C25H26ClN5O4. The van der Waals surface area contributed by atoms with Gasteiger partial charge in [-0.25, -0.2) is 4.68 Å². The third-order valence-corrected chi connectivity index (χ3v) is 6.77. The van der Waals surface area contributed by atoms with Crippen LogP contribution >= 0.6 is 12.4 Å². The summed E-state index contributed by atoms with van der Waals surface area (Å²) in [6, 6.07) is 11.9. The van der Waals surface area contributed by atoms with Gasteiger partial charge < -0.3 is 25.8 Å². The van der Waals surface area contributed by atoms with Crippen molar-refractivity contribution in [1.82, 2.24) is 15.1 Å². The SMILES string of the molecule is Cl.NC(=O)c1nn(-c2ccc3c(c2)OCO3)c2c1CCc1ccc(NC(=O)CNC3CCC3)cc1-2. The van der Waals surface area contributed by atoms with Crippen LogP contribution in [-0.2, 0) is 17.6 Å². The van der Waals surface area contributed by atoms with Gasteiger partial charge >= 0.3 is 0 Å². The van der Waals surface area contributed by atoms with Crippen LogP contribution in [0.1, 0.15) is 40.9 Å². The zero-order valence-corrected chi connectivity index (χ0v) is 19.8. The van der Waals surface area contributed by atoms with Crippen LogP contribution in [0.15, 0.2) is 36.4 Å². The van der Waals surface area contributed by atoms with Crippen molar-refractivity contribution in [2.75, 3.05) is 18.7 Å². The molecule has 0 saturated heterocycles. The monoisotopic (exact) mass is 495 g/mol. The predicted molar refractivity (Wildman–Crippen MR) is 133 cm³/mol. The highest BCUT2D eigenvalue weighted by atomic mass is 35.5. The minimum absolute atomic E-state index is 0. The average Bonchev–Trinajstić information content (AvgIpc) is 3.42. The molecule has 0 bridgehead atoms. The number of nitrogens with zero attached hydrogens (tertiary/aromatic N) is 2. The summed E-state index contributed by atoms with van der Waals surface area (Å²) in [5.41, 5.74) is 11.0. The molecule has 35 heavy (non-hydrogen) atoms. The Hall–Kier alpha value is -3.56. The van der Waals surface area contributed by atoms with Gasteiger partial charge in [0.25, 0.3) is 5.91 Å². The topological polar surface area (TPSA) is 120 Å². The van der Waals surface area contributed by atoms with Crippen molar-refractivity contribution in [3.63, 3.8) is 0 Å². The van der Waals surface area contributed by atoms with Gasteiger partial charge in [-0.2, -0.15) is 5.10 Å². The van der Waals surface area contributed by atoms with Gasteiger partial charge in [0, 0.05) is 28.9 Å². The van der Waals surface area contributed by atoms with Gasteiger partial charge in [-0.05, 0) is 55.5 Å². The molecule has 182 valence electrons. The summed E-state index contributed by atoms with van der Waals surface area (Å²) in [7, 11) is 0. The molecule has 0 radical (unpaired) electrons. The van der Waals surface area contributed by atoms with Crippen LogP contribution < -0.4 is 25.8 Å². The average molecular weight is 496 g/mol. The molecule has 3 aromatic rings. The first kappa shape index (κ1) is 23.2. The summed E-state index contributed by atoms with van der Waals surface area (Å²) >= 11 is 0. The van der Waals surface area contributed by atoms with Crippen molar-refractivity contribution in [3.8, 4) is 28.4 Å². The number of aryl methyl sites for hydroxylation is 1. The van der Waals surface area contributed by atoms with E-state index in [4.69, 9.17) is 15.2 Å². The number of anilines is 1. The van der Waals surface area contributed by atoms with Gasteiger partial charge in [0.1, 0.15) is 0 Å². The lowest BCUT2D eigenvalue weighted by Gasteiger charge is -2.26. The highest BCUT2D eigenvalue weighted by molar-refractivity contribution is 5.96. The number of hydrogen-bond acceptors (Lipinski definition) is 6. The smallest absolute Gasteiger partial charge is 0.269 e. The number of carbonyl (C=O) groups excluding carboxylic acids is 2. The molecule has 4 N–H and O–H groups in total. The van der Waals surface area contributed by atoms with Crippen molar-refractivity contribution >= 4 is 29.9 Å². The molecule has 2 amide bonds. The van der Waals surface area contributed by atoms with E-state index in [0.717, 1.165) is 47.3 Å². The Morgan fingerprint density at radius 1 is 1.09 bits per heavy atom. The number of hydrogen-bond donors (Lipinski definition) is 3. The molecule has 0 unspecified atom stereocenters. The van der Waals surface area contributed by atoms with E-state index in [9.17, 15) is 9.59 Å². The summed E-state index contributed by atoms with van der Waals surface area (Å²) in [6.45, 7) is 0.456. The molecule has 1 aliphatic heterocycles. The standard InChI is InChI=1S/C25H25N5O4.ClH/c26-25(32)23-18-8-5-14-4-6-16(28-22(31)12-27-15-2-1-3-15)10-19(14)24(18)30(29-23)17-7-9-20-21(11-17)34-13-33-20;/h4,6-7,9-11,15,27H,1-3,5,8,12-13H2,(H2,26,32)(H,28,31);1H. The zero-order chi connectivity index (χ0) is 23.2. The van der Waals surface area contributed by atoms with E-state index in [1.54, 1.807) is 4.68 Å². The first-order valence-corrected chi connectivity index (χ1v) is 11.5. The van der Waals surface area contributed by atoms with Crippen LogP contribution in [0.25, 0.3) is 16.9 Å². The van der Waals surface area contributed by atoms with Gasteiger partial charge in [0.15, 0.2) is 17.2 Å². The Morgan fingerprint density at radius 3 is 2.69 bits per heavy atom. The zero-order valence-electron chi connectivity index (χ0n) is 19.0. The lowest BCUT2D eigenvalue weighted by atomic mass is 9.88. The van der Waals surface area contributed by atoms with Gasteiger partial charge in [0.2, 0.25) is 12.7 Å². The van der Waals surface area contributed by atoms with Crippen LogP contribution in [0, 0.1) is 0 Å². The number of nitrogens with two attached hydrogens (primary N) is 1. The lowest BCUT2D eigenvalue weighted by molar-refractivity contribution is -0.115. The largest absolute Gasteiger partial charge is 0.454 e. The maximum absolute atomic E-state index is 12.5. The Labute approximate surface area is 208 Å². The normalized spacial score (nSPS) is 15.4. The fourth-order valence-corrected chi connectivity index (χ4v) is 4.77. The van der Waals surface area contributed by atoms with E-state index >= 15 is 0 Å². The molecule has 2 aromatic carbocycles. The number of carbonyl (C=O) groups is 2. The molecule has 0 atom stereocenters. The number of primary amides is 1. The lowest BCUT2D eigenvalue weighted by Crippen LogP contribution is -2.40. The Bertz CT molecular complexity index is 1320. The summed E-state index contributed by atoms with van der Waals surface area (Å²) in [6.07, 6.45) is 4.88. The van der Waals surface area contributed by atoms with E-state index in [-0.39, 0.29) is 37.3 Å². The molecule has 10 heteroatoms. The van der Waals surface area contributed by atoms with Crippen LogP contribution in [0.2, 0.25) is 0 Å². The third-order valence-electron chi connectivity index (χ3n) is 6.77. The molecular weight excluding hydrogens is 470 g/mol. The summed E-state index contributed by atoms with van der Waals surface area (Å²) in [4.78, 5) is 24.7. The number of halogens is 1. The number of fused-ring (bicyclic) bond motifs is 4. The maximum atomic E-state index is 12.5. The summed E-state index contributed by atoms with van der Waals surface area (Å²) in [5.74, 6) is 0.648. The quantitative estimate of drug-likeness (QED) is 0.483. The van der Waals surface area contributed by atoms with E-state index in [2.05, 4.69) is 15.7 Å². The van der Waals surface area contributed by atoms with E-state index in [1.165, 1.54) is 6.42 Å². The number of ether oxygens (including phenoxy) is 2. The van der Waals surface area contributed by atoms with E-state index in [0.29, 0.717) is 29.6 Å².